The summed E-state index contributed by atoms with van der Waals surface area (Å²) >= 11 is 5.95. The average Bonchev–Trinajstić information content (AvgIpc) is 2.39. The lowest BCUT2D eigenvalue weighted by Crippen LogP contribution is -2.15. The molecule has 0 saturated carbocycles. The first-order chi connectivity index (χ1) is 8.22. The largest absolute Gasteiger partial charge is 0.495 e. The molecule has 2 aromatic rings. The summed E-state index contributed by atoms with van der Waals surface area (Å²) in [6.07, 6.45) is 3.32. The molecule has 1 heterocycles. The molecule has 0 aliphatic carbocycles. The normalized spacial score (nSPS) is 12.2. The van der Waals surface area contributed by atoms with Gasteiger partial charge in [0.25, 0.3) is 0 Å². The van der Waals surface area contributed by atoms with Crippen LogP contribution in [0.3, 0.4) is 0 Å². The fraction of sp³-hybridized carbons (Fsp3) is 0.167. The number of benzene rings is 1. The van der Waals surface area contributed by atoms with Gasteiger partial charge in [-0.15, -0.1) is 0 Å². The van der Waals surface area contributed by atoms with Crippen LogP contribution in [0.4, 0.5) is 0 Å². The lowest BCUT2D eigenvalue weighted by molar-refractivity contribution is 0.414. The summed E-state index contributed by atoms with van der Waals surface area (Å²) < 4.78 is 5.14. The number of rotatable bonds is 3. The molecular formula is C12H12ClN3O. The van der Waals surface area contributed by atoms with Crippen LogP contribution in [0.5, 0.6) is 5.75 Å². The number of nitrogens with zero attached hydrogens (tertiary/aromatic N) is 2. The molecule has 0 fully saturated rings. The Morgan fingerprint density at radius 3 is 2.65 bits per heavy atom. The summed E-state index contributed by atoms with van der Waals surface area (Å²) in [7, 11) is 1.57. The highest BCUT2D eigenvalue weighted by molar-refractivity contribution is 6.32. The second kappa shape index (κ2) is 5.12. The maximum Gasteiger partial charge on any atom is 0.149 e. The molecule has 1 atom stereocenters. The molecule has 88 valence electrons. The van der Waals surface area contributed by atoms with Gasteiger partial charge in [-0.1, -0.05) is 17.7 Å². The van der Waals surface area contributed by atoms with Crippen LogP contribution < -0.4 is 10.5 Å². The van der Waals surface area contributed by atoms with Crippen LogP contribution >= 0.6 is 11.6 Å². The van der Waals surface area contributed by atoms with Gasteiger partial charge in [0.2, 0.25) is 0 Å². The average molecular weight is 250 g/mol. The van der Waals surface area contributed by atoms with Crippen LogP contribution in [0.15, 0.2) is 36.7 Å². The minimum absolute atomic E-state index is 0.387. The van der Waals surface area contributed by atoms with Crippen LogP contribution in [0.1, 0.15) is 17.4 Å². The minimum Gasteiger partial charge on any atom is -0.495 e. The number of hydrogen-bond acceptors (Lipinski definition) is 4. The molecule has 5 heteroatoms. The summed E-state index contributed by atoms with van der Waals surface area (Å²) in [6, 6.07) is 6.74. The van der Waals surface area contributed by atoms with E-state index in [4.69, 9.17) is 22.1 Å². The van der Waals surface area contributed by atoms with Crippen molar-refractivity contribution in [3.05, 3.63) is 53.1 Å². The Bertz CT molecular complexity index is 504. The highest BCUT2D eigenvalue weighted by Crippen LogP contribution is 2.28. The standard InChI is InChI=1S/C12H12ClN3O/c1-17-10-7-8(3-4-9(10)13)11(14)12-15-5-2-6-16-12/h2-7,11H,14H2,1H3. The summed E-state index contributed by atoms with van der Waals surface area (Å²) in [5, 5.41) is 0.553. The SMILES string of the molecule is COc1cc(C(N)c2ncccn2)ccc1Cl. The number of hydrogen-bond donors (Lipinski definition) is 1. The Labute approximate surface area is 104 Å². The maximum atomic E-state index is 6.07. The highest BCUT2D eigenvalue weighted by Gasteiger charge is 2.13. The predicted molar refractivity (Wildman–Crippen MR) is 66.1 cm³/mol. The van der Waals surface area contributed by atoms with E-state index >= 15 is 0 Å². The molecule has 0 aliphatic heterocycles. The third kappa shape index (κ3) is 2.54. The van der Waals surface area contributed by atoms with Gasteiger partial charge >= 0.3 is 0 Å². The topological polar surface area (TPSA) is 61.0 Å². The van der Waals surface area contributed by atoms with Crippen LogP contribution in [0, 0.1) is 0 Å². The molecule has 4 nitrogen and oxygen atoms in total. The fourth-order valence-corrected chi connectivity index (χ4v) is 1.68. The van der Waals surface area contributed by atoms with Gasteiger partial charge in [-0.3, -0.25) is 0 Å². The van der Waals surface area contributed by atoms with Crippen molar-refractivity contribution in [2.75, 3.05) is 7.11 Å². The van der Waals surface area contributed by atoms with Crippen molar-refractivity contribution in [2.45, 2.75) is 6.04 Å². The van der Waals surface area contributed by atoms with Gasteiger partial charge in [-0.2, -0.15) is 0 Å². The molecule has 2 N–H and O–H groups in total. The summed E-state index contributed by atoms with van der Waals surface area (Å²) in [5.41, 5.74) is 6.93. The van der Waals surface area contributed by atoms with Crippen molar-refractivity contribution in [1.82, 2.24) is 9.97 Å². The Hall–Kier alpha value is -1.65. The first-order valence-corrected chi connectivity index (χ1v) is 5.46. The Morgan fingerprint density at radius 2 is 2.00 bits per heavy atom. The van der Waals surface area contributed by atoms with E-state index in [0.29, 0.717) is 16.6 Å². The number of ether oxygens (including phenoxy) is 1. The third-order valence-corrected chi connectivity index (χ3v) is 2.71. The number of halogens is 1. The summed E-state index contributed by atoms with van der Waals surface area (Å²) in [6.45, 7) is 0. The molecule has 0 spiro atoms. The third-order valence-electron chi connectivity index (χ3n) is 2.40. The van der Waals surface area contributed by atoms with E-state index in [-0.39, 0.29) is 6.04 Å². The van der Waals surface area contributed by atoms with Gasteiger partial charge < -0.3 is 10.5 Å². The van der Waals surface area contributed by atoms with Gasteiger partial charge in [-0.25, -0.2) is 9.97 Å². The van der Waals surface area contributed by atoms with Crippen LogP contribution in [-0.4, -0.2) is 17.1 Å². The van der Waals surface area contributed by atoms with Crippen molar-refractivity contribution in [1.29, 1.82) is 0 Å². The van der Waals surface area contributed by atoms with Gasteiger partial charge in [0.15, 0.2) is 0 Å². The van der Waals surface area contributed by atoms with Crippen molar-refractivity contribution in [3.63, 3.8) is 0 Å². The van der Waals surface area contributed by atoms with Crippen molar-refractivity contribution in [3.8, 4) is 5.75 Å². The molecule has 0 saturated heterocycles. The molecule has 17 heavy (non-hydrogen) atoms. The molecule has 1 unspecified atom stereocenters. The molecule has 0 amide bonds. The molecule has 1 aromatic carbocycles. The molecule has 1 aromatic heterocycles. The number of methoxy groups -OCH3 is 1. The number of aromatic nitrogens is 2. The zero-order valence-electron chi connectivity index (χ0n) is 9.30. The van der Waals surface area contributed by atoms with Crippen LogP contribution in [0.25, 0.3) is 0 Å². The molecule has 2 rings (SSSR count). The highest BCUT2D eigenvalue weighted by atomic mass is 35.5. The van der Waals surface area contributed by atoms with E-state index in [0.717, 1.165) is 5.56 Å². The van der Waals surface area contributed by atoms with Crippen molar-refractivity contribution in [2.24, 2.45) is 5.73 Å². The Kier molecular flexibility index (Phi) is 3.56. The van der Waals surface area contributed by atoms with Gasteiger partial charge in [0.1, 0.15) is 11.6 Å². The zero-order chi connectivity index (χ0) is 12.3. The molecule has 0 bridgehead atoms. The van der Waals surface area contributed by atoms with Crippen molar-refractivity contribution >= 4 is 11.6 Å². The second-order valence-electron chi connectivity index (χ2n) is 3.48. The van der Waals surface area contributed by atoms with Gasteiger partial charge in [-0.05, 0) is 23.8 Å². The predicted octanol–water partition coefficient (Wildman–Crippen LogP) is 2.19. The van der Waals surface area contributed by atoms with E-state index in [1.165, 1.54) is 0 Å². The van der Waals surface area contributed by atoms with E-state index in [9.17, 15) is 0 Å². The van der Waals surface area contributed by atoms with E-state index in [2.05, 4.69) is 9.97 Å². The molecule has 0 radical (unpaired) electrons. The molecular weight excluding hydrogens is 238 g/mol. The first kappa shape index (κ1) is 11.8. The van der Waals surface area contributed by atoms with Crippen LogP contribution in [-0.2, 0) is 0 Å². The lowest BCUT2D eigenvalue weighted by atomic mass is 10.1. The monoisotopic (exact) mass is 249 g/mol. The summed E-state index contributed by atoms with van der Waals surface area (Å²) in [5.74, 6) is 1.16. The lowest BCUT2D eigenvalue weighted by Gasteiger charge is -2.12. The Morgan fingerprint density at radius 1 is 1.29 bits per heavy atom. The van der Waals surface area contributed by atoms with Gasteiger partial charge in [0.05, 0.1) is 18.2 Å². The number of nitrogens with two attached hydrogens (primary N) is 1. The summed E-state index contributed by atoms with van der Waals surface area (Å²) in [4.78, 5) is 8.25. The van der Waals surface area contributed by atoms with Crippen molar-refractivity contribution < 1.29 is 4.74 Å². The van der Waals surface area contributed by atoms with Crippen LogP contribution in [0.2, 0.25) is 5.02 Å². The first-order valence-electron chi connectivity index (χ1n) is 5.08. The smallest absolute Gasteiger partial charge is 0.149 e. The maximum absolute atomic E-state index is 6.07. The van der Waals surface area contributed by atoms with E-state index in [1.54, 1.807) is 37.7 Å². The van der Waals surface area contributed by atoms with Gasteiger partial charge in [0, 0.05) is 12.4 Å². The quantitative estimate of drug-likeness (QED) is 0.906. The minimum atomic E-state index is -0.387. The van der Waals surface area contributed by atoms with E-state index < -0.39 is 0 Å². The van der Waals surface area contributed by atoms with E-state index in [1.807, 2.05) is 6.07 Å². The molecule has 0 aliphatic rings. The Balaban J connectivity index is 2.34. The fourth-order valence-electron chi connectivity index (χ4n) is 1.49. The zero-order valence-corrected chi connectivity index (χ0v) is 10.1. The second-order valence-corrected chi connectivity index (χ2v) is 3.89.